The lowest BCUT2D eigenvalue weighted by molar-refractivity contribution is -0.198. The molecule has 0 aliphatic carbocycles. The first-order valence-corrected chi connectivity index (χ1v) is 13.1. The van der Waals surface area contributed by atoms with E-state index in [1.807, 2.05) is 6.92 Å². The summed E-state index contributed by atoms with van der Waals surface area (Å²) >= 11 is 19.0. The molecule has 2 unspecified atom stereocenters. The van der Waals surface area contributed by atoms with Gasteiger partial charge in [-0.1, -0.05) is 52.5 Å². The van der Waals surface area contributed by atoms with E-state index in [1.54, 1.807) is 48.7 Å². The average Bonchev–Trinajstić information content (AvgIpc) is 3.35. The molecule has 3 heterocycles. The number of ether oxygens (including phenoxy) is 3. The lowest BCUT2D eigenvalue weighted by Crippen LogP contribution is -2.33. The molecule has 0 N–H and O–H groups in total. The minimum Gasteiger partial charge on any atom is -0.347 e. The number of hydrogen-bond acceptors (Lipinski definition) is 6. The van der Waals surface area contributed by atoms with Crippen molar-refractivity contribution in [3.05, 3.63) is 63.2 Å². The van der Waals surface area contributed by atoms with Crippen molar-refractivity contribution in [1.82, 2.24) is 4.57 Å². The Balaban J connectivity index is 1.45. The molecule has 182 valence electrons. The zero-order valence-electron chi connectivity index (χ0n) is 18.5. The Morgan fingerprint density at radius 2 is 1.65 bits per heavy atom. The summed E-state index contributed by atoms with van der Waals surface area (Å²) in [6, 6.07) is 11.6. The summed E-state index contributed by atoms with van der Waals surface area (Å²) in [6.07, 6.45) is -2.57. The number of nitrogens with zero attached hydrogens (tertiary/aromatic N) is 1. The molecule has 0 saturated carbocycles. The monoisotopic (exact) mass is 545 g/mol. The molecule has 11 heteroatoms. The van der Waals surface area contributed by atoms with Gasteiger partial charge in [-0.15, -0.1) is 0 Å². The van der Waals surface area contributed by atoms with Crippen LogP contribution >= 0.6 is 34.8 Å². The van der Waals surface area contributed by atoms with Crippen LogP contribution in [0.15, 0.2) is 47.4 Å². The molecule has 5 rings (SSSR count). The van der Waals surface area contributed by atoms with Crippen LogP contribution in [-0.2, 0) is 28.5 Å². The molecule has 34 heavy (non-hydrogen) atoms. The molecule has 3 aromatic rings. The molecule has 4 atom stereocenters. The average molecular weight is 547 g/mol. The van der Waals surface area contributed by atoms with Gasteiger partial charge in [-0.2, -0.15) is 8.42 Å². The molecule has 2 saturated heterocycles. The Hall–Kier alpha value is -1.36. The first-order valence-electron chi connectivity index (χ1n) is 10.6. The van der Waals surface area contributed by atoms with Crippen LogP contribution in [0.5, 0.6) is 0 Å². The lowest BCUT2D eigenvalue weighted by Gasteiger charge is -2.25. The van der Waals surface area contributed by atoms with Crippen molar-refractivity contribution in [2.45, 2.75) is 56.0 Å². The number of hydrogen-bond donors (Lipinski definition) is 0. The van der Waals surface area contributed by atoms with E-state index < -0.39 is 40.4 Å². The maximum absolute atomic E-state index is 12.7. The molecular weight excluding hydrogens is 525 g/mol. The molecule has 0 bridgehead atoms. The van der Waals surface area contributed by atoms with E-state index in [9.17, 15) is 8.42 Å². The smallest absolute Gasteiger partial charge is 0.297 e. The Kier molecular flexibility index (Phi) is 6.18. The summed E-state index contributed by atoms with van der Waals surface area (Å²) in [6.45, 7) is 5.20. The second-order valence-electron chi connectivity index (χ2n) is 8.84. The molecule has 0 spiro atoms. The molecule has 2 aromatic carbocycles. The van der Waals surface area contributed by atoms with Crippen LogP contribution < -0.4 is 0 Å². The topological polar surface area (TPSA) is 76.0 Å². The normalized spacial score (nSPS) is 26.3. The number of rotatable bonds is 5. The summed E-state index contributed by atoms with van der Waals surface area (Å²) in [7, 11) is -3.99. The van der Waals surface area contributed by atoms with Crippen molar-refractivity contribution < 1.29 is 26.8 Å². The van der Waals surface area contributed by atoms with Gasteiger partial charge in [0.05, 0.1) is 27.1 Å². The molecule has 2 aliphatic heterocycles. The predicted octanol–water partition coefficient (Wildman–Crippen LogP) is 5.73. The van der Waals surface area contributed by atoms with Crippen molar-refractivity contribution >= 4 is 55.8 Å². The highest BCUT2D eigenvalue weighted by Gasteiger charge is 2.56. The van der Waals surface area contributed by atoms with Crippen LogP contribution in [0.1, 0.15) is 25.6 Å². The number of aromatic nitrogens is 1. The lowest BCUT2D eigenvalue weighted by atomic mass is 10.1. The zero-order chi connectivity index (χ0) is 24.4. The minimum atomic E-state index is -3.99. The Morgan fingerprint density at radius 3 is 2.35 bits per heavy atom. The van der Waals surface area contributed by atoms with Gasteiger partial charge in [0.25, 0.3) is 10.1 Å². The van der Waals surface area contributed by atoms with Gasteiger partial charge in [-0.05, 0) is 51.1 Å². The van der Waals surface area contributed by atoms with Gasteiger partial charge >= 0.3 is 0 Å². The highest BCUT2D eigenvalue weighted by atomic mass is 35.5. The fourth-order valence-corrected chi connectivity index (χ4v) is 5.93. The van der Waals surface area contributed by atoms with Crippen molar-refractivity contribution in [3.63, 3.8) is 0 Å². The van der Waals surface area contributed by atoms with Gasteiger partial charge in [0.2, 0.25) is 0 Å². The third kappa shape index (κ3) is 4.35. The highest BCUT2D eigenvalue weighted by Crippen LogP contribution is 2.46. The first-order chi connectivity index (χ1) is 15.9. The molecule has 2 aliphatic rings. The molecule has 7 nitrogen and oxygen atoms in total. The summed E-state index contributed by atoms with van der Waals surface area (Å²) in [5.74, 6) is -0.901. The van der Waals surface area contributed by atoms with Gasteiger partial charge in [0, 0.05) is 5.39 Å². The highest BCUT2D eigenvalue weighted by molar-refractivity contribution is 7.86. The van der Waals surface area contributed by atoms with Crippen LogP contribution in [-0.4, -0.2) is 43.7 Å². The van der Waals surface area contributed by atoms with E-state index in [0.717, 1.165) is 10.9 Å². The van der Waals surface area contributed by atoms with E-state index in [4.69, 9.17) is 53.2 Å². The van der Waals surface area contributed by atoms with E-state index in [-0.39, 0.29) is 11.5 Å². The Labute approximate surface area is 212 Å². The zero-order valence-corrected chi connectivity index (χ0v) is 21.6. The third-order valence-electron chi connectivity index (χ3n) is 5.91. The molecule has 0 amide bonds. The number of halogens is 3. The SMILES string of the molecule is Cc1ccc(S(=O)(=O)OC[C@H]2O[C@@H](n3c(Cl)cc4cc(Cl)c(Cl)cc43)C3OC(C)(C)OC32)cc1. The minimum absolute atomic E-state index is 0.0686. The predicted molar refractivity (Wildman–Crippen MR) is 129 cm³/mol. The standard InChI is InChI=1S/C23H22Cl3NO6S/c1-12-4-6-14(7-5-12)34(28,29)30-11-18-20-21(33-23(2,3)32-20)22(31-18)27-17-10-16(25)15(24)8-13(17)9-19(27)26/h4-10,18,20-22H,11H2,1-3H3/t18-,20?,21?,22-/m1/s1. The largest absolute Gasteiger partial charge is 0.347 e. The summed E-state index contributed by atoms with van der Waals surface area (Å²) in [4.78, 5) is 0.0686. The summed E-state index contributed by atoms with van der Waals surface area (Å²) in [5, 5.41) is 1.94. The summed E-state index contributed by atoms with van der Waals surface area (Å²) in [5.41, 5.74) is 1.64. The molecular formula is C23H22Cl3NO6S. The van der Waals surface area contributed by atoms with Crippen LogP contribution in [0.3, 0.4) is 0 Å². The maximum atomic E-state index is 12.7. The van der Waals surface area contributed by atoms with Crippen molar-refractivity contribution in [3.8, 4) is 0 Å². The Bertz CT molecular complexity index is 1360. The second kappa shape index (κ2) is 8.64. The van der Waals surface area contributed by atoms with Crippen molar-refractivity contribution in [2.75, 3.05) is 6.61 Å². The molecule has 2 fully saturated rings. The van der Waals surface area contributed by atoms with Gasteiger partial charge in [0.1, 0.15) is 23.5 Å². The van der Waals surface area contributed by atoms with Gasteiger partial charge in [0.15, 0.2) is 12.0 Å². The molecule has 1 aromatic heterocycles. The van der Waals surface area contributed by atoms with Gasteiger partial charge in [-0.25, -0.2) is 0 Å². The van der Waals surface area contributed by atoms with E-state index in [2.05, 4.69) is 0 Å². The quantitative estimate of drug-likeness (QED) is 0.380. The van der Waals surface area contributed by atoms with E-state index >= 15 is 0 Å². The second-order valence-corrected chi connectivity index (χ2v) is 11.7. The van der Waals surface area contributed by atoms with Crippen molar-refractivity contribution in [2.24, 2.45) is 0 Å². The van der Waals surface area contributed by atoms with E-state index in [0.29, 0.717) is 20.7 Å². The number of benzene rings is 2. The van der Waals surface area contributed by atoms with Crippen LogP contribution in [0.2, 0.25) is 15.2 Å². The number of fused-ring (bicyclic) bond motifs is 2. The van der Waals surface area contributed by atoms with E-state index in [1.165, 1.54) is 12.1 Å². The van der Waals surface area contributed by atoms with Crippen molar-refractivity contribution in [1.29, 1.82) is 0 Å². The van der Waals surface area contributed by atoms with Crippen LogP contribution in [0.25, 0.3) is 10.9 Å². The fourth-order valence-electron chi connectivity index (χ4n) is 4.38. The van der Waals surface area contributed by atoms with Gasteiger partial charge in [-0.3, -0.25) is 4.18 Å². The fraction of sp³-hybridized carbons (Fsp3) is 0.391. The van der Waals surface area contributed by atoms with Gasteiger partial charge < -0.3 is 18.8 Å². The maximum Gasteiger partial charge on any atom is 0.297 e. The third-order valence-corrected chi connectivity index (χ3v) is 8.22. The Morgan fingerprint density at radius 1 is 1.00 bits per heavy atom. The van der Waals surface area contributed by atoms with Crippen LogP contribution in [0.4, 0.5) is 0 Å². The number of aryl methyl sites for hydroxylation is 1. The first kappa shape index (κ1) is 24.3. The molecule has 0 radical (unpaired) electrons. The van der Waals surface area contributed by atoms with Crippen LogP contribution in [0, 0.1) is 6.92 Å². The summed E-state index contributed by atoms with van der Waals surface area (Å²) < 4.78 is 51.0.